The number of nitriles is 1. The molecular formula is C12H6ClN5S. The van der Waals surface area contributed by atoms with Crippen LogP contribution in [-0.4, -0.2) is 20.0 Å². The molecule has 7 heteroatoms. The van der Waals surface area contributed by atoms with Gasteiger partial charge < -0.3 is 0 Å². The Hall–Kier alpha value is -2.23. The van der Waals surface area contributed by atoms with Gasteiger partial charge in [-0.3, -0.25) is 0 Å². The van der Waals surface area contributed by atoms with Gasteiger partial charge >= 0.3 is 0 Å². The number of rotatable bonds is 2. The summed E-state index contributed by atoms with van der Waals surface area (Å²) in [6, 6.07) is 9.29. The molecule has 0 radical (unpaired) electrons. The highest BCUT2D eigenvalue weighted by atomic mass is 35.5. The Bertz CT molecular complexity index is 757. The molecule has 0 aliphatic heterocycles. The molecule has 0 bridgehead atoms. The third kappa shape index (κ3) is 1.99. The number of halogens is 1. The molecule has 0 N–H and O–H groups in total. The summed E-state index contributed by atoms with van der Waals surface area (Å²) < 4.78 is 1.53. The molecule has 0 spiro atoms. The van der Waals surface area contributed by atoms with Crippen LogP contribution in [0.15, 0.2) is 35.8 Å². The number of nitrogens with zero attached hydrogens (tertiary/aromatic N) is 5. The molecule has 0 fully saturated rings. The van der Waals surface area contributed by atoms with E-state index < -0.39 is 0 Å². The van der Waals surface area contributed by atoms with Crippen molar-refractivity contribution in [3.05, 3.63) is 46.6 Å². The Morgan fingerprint density at radius 1 is 1.32 bits per heavy atom. The predicted molar refractivity (Wildman–Crippen MR) is 72.2 cm³/mol. The molecule has 3 rings (SSSR count). The fourth-order valence-corrected chi connectivity index (χ4v) is 2.52. The monoisotopic (exact) mass is 287 g/mol. The first kappa shape index (κ1) is 11.8. The van der Waals surface area contributed by atoms with Crippen molar-refractivity contribution in [1.82, 2.24) is 20.0 Å². The van der Waals surface area contributed by atoms with Gasteiger partial charge in [0.1, 0.15) is 11.8 Å². The zero-order valence-electron chi connectivity index (χ0n) is 9.49. The number of hydrogen-bond acceptors (Lipinski definition) is 5. The molecule has 0 atom stereocenters. The lowest BCUT2D eigenvalue weighted by Crippen LogP contribution is -1.99. The number of aromatic nitrogens is 4. The van der Waals surface area contributed by atoms with Crippen molar-refractivity contribution in [3.8, 4) is 22.5 Å². The summed E-state index contributed by atoms with van der Waals surface area (Å²) in [5.41, 5.74) is 1.49. The van der Waals surface area contributed by atoms with Crippen molar-refractivity contribution in [2.45, 2.75) is 0 Å². The maximum atomic E-state index is 9.16. The summed E-state index contributed by atoms with van der Waals surface area (Å²) in [5.74, 6) is 0. The highest BCUT2D eigenvalue weighted by molar-refractivity contribution is 7.12. The van der Waals surface area contributed by atoms with E-state index in [0.29, 0.717) is 21.4 Å². The zero-order valence-corrected chi connectivity index (χ0v) is 11.1. The van der Waals surface area contributed by atoms with Crippen molar-refractivity contribution >= 4 is 22.9 Å². The SMILES string of the molecule is N#Cc1nnn(-c2nccs2)c1-c1ccccc1Cl. The highest BCUT2D eigenvalue weighted by Crippen LogP contribution is 2.31. The standard InChI is InChI=1S/C12H6ClN5S/c13-9-4-2-1-3-8(9)11-10(7-14)16-17-18(11)12-15-5-6-19-12/h1-6H. The highest BCUT2D eigenvalue weighted by Gasteiger charge is 2.19. The maximum absolute atomic E-state index is 9.16. The minimum atomic E-state index is 0.225. The Morgan fingerprint density at radius 3 is 2.84 bits per heavy atom. The number of benzene rings is 1. The van der Waals surface area contributed by atoms with E-state index in [1.165, 1.54) is 16.0 Å². The summed E-state index contributed by atoms with van der Waals surface area (Å²) in [6.45, 7) is 0. The molecular weight excluding hydrogens is 282 g/mol. The van der Waals surface area contributed by atoms with E-state index in [0.717, 1.165) is 0 Å². The second-order valence-corrected chi connectivity index (χ2v) is 4.89. The topological polar surface area (TPSA) is 67.4 Å². The van der Waals surface area contributed by atoms with Gasteiger partial charge in [-0.1, -0.05) is 35.0 Å². The lowest BCUT2D eigenvalue weighted by Gasteiger charge is -2.05. The zero-order chi connectivity index (χ0) is 13.2. The van der Waals surface area contributed by atoms with Crippen molar-refractivity contribution in [1.29, 1.82) is 5.26 Å². The Morgan fingerprint density at radius 2 is 2.16 bits per heavy atom. The maximum Gasteiger partial charge on any atom is 0.212 e. The molecule has 0 amide bonds. The molecule has 19 heavy (non-hydrogen) atoms. The fraction of sp³-hybridized carbons (Fsp3) is 0. The normalized spacial score (nSPS) is 10.3. The van der Waals surface area contributed by atoms with Crippen molar-refractivity contribution < 1.29 is 0 Å². The lowest BCUT2D eigenvalue weighted by atomic mass is 10.1. The van der Waals surface area contributed by atoms with Crippen LogP contribution in [0.5, 0.6) is 0 Å². The quantitative estimate of drug-likeness (QED) is 0.727. The molecule has 3 aromatic rings. The van der Waals surface area contributed by atoms with Crippen LogP contribution >= 0.6 is 22.9 Å². The van der Waals surface area contributed by atoms with Crippen LogP contribution < -0.4 is 0 Å². The van der Waals surface area contributed by atoms with Crippen LogP contribution in [0.25, 0.3) is 16.4 Å². The van der Waals surface area contributed by atoms with E-state index in [9.17, 15) is 0 Å². The van der Waals surface area contributed by atoms with Crippen LogP contribution in [0.2, 0.25) is 5.02 Å². The molecule has 2 heterocycles. The molecule has 92 valence electrons. The Kier molecular flexibility index (Phi) is 2.99. The Balaban J connectivity index is 2.29. The summed E-state index contributed by atoms with van der Waals surface area (Å²) in [6.07, 6.45) is 1.67. The van der Waals surface area contributed by atoms with E-state index in [1.807, 2.05) is 29.6 Å². The molecule has 0 unspecified atom stereocenters. The Labute approximate surface area is 117 Å². The first-order valence-electron chi connectivity index (χ1n) is 5.32. The third-order valence-corrected chi connectivity index (χ3v) is 3.58. The molecule has 0 saturated carbocycles. The number of thiazole rings is 1. The minimum absolute atomic E-state index is 0.225. The molecule has 1 aromatic carbocycles. The van der Waals surface area contributed by atoms with Crippen molar-refractivity contribution in [2.24, 2.45) is 0 Å². The average Bonchev–Trinajstić information content (AvgIpc) is 3.07. The predicted octanol–water partition coefficient (Wildman–Crippen LogP) is 2.92. The summed E-state index contributed by atoms with van der Waals surface area (Å²) >= 11 is 7.59. The van der Waals surface area contributed by atoms with Crippen LogP contribution in [0, 0.1) is 11.3 Å². The number of hydrogen-bond donors (Lipinski definition) is 0. The van der Waals surface area contributed by atoms with Gasteiger partial charge in [0.15, 0.2) is 5.69 Å². The third-order valence-electron chi connectivity index (χ3n) is 2.51. The fourth-order valence-electron chi connectivity index (χ4n) is 1.71. The van der Waals surface area contributed by atoms with Gasteiger partial charge in [-0.05, 0) is 6.07 Å². The molecule has 5 nitrogen and oxygen atoms in total. The first-order chi connectivity index (χ1) is 9.31. The van der Waals surface area contributed by atoms with Crippen LogP contribution in [0.4, 0.5) is 0 Å². The molecule has 0 aliphatic rings. The summed E-state index contributed by atoms with van der Waals surface area (Å²) in [4.78, 5) is 4.18. The lowest BCUT2D eigenvalue weighted by molar-refractivity contribution is 0.800. The second-order valence-electron chi connectivity index (χ2n) is 3.60. The van der Waals surface area contributed by atoms with E-state index >= 15 is 0 Å². The van der Waals surface area contributed by atoms with E-state index in [4.69, 9.17) is 16.9 Å². The van der Waals surface area contributed by atoms with E-state index in [1.54, 1.807) is 12.3 Å². The van der Waals surface area contributed by atoms with Gasteiger partial charge in [0.25, 0.3) is 0 Å². The first-order valence-corrected chi connectivity index (χ1v) is 6.57. The van der Waals surface area contributed by atoms with Gasteiger partial charge in [-0.25, -0.2) is 4.98 Å². The van der Waals surface area contributed by atoms with Gasteiger partial charge in [-0.15, -0.1) is 16.4 Å². The molecule has 2 aromatic heterocycles. The molecule has 0 aliphatic carbocycles. The van der Waals surface area contributed by atoms with Crippen LogP contribution in [0.1, 0.15) is 5.69 Å². The minimum Gasteiger partial charge on any atom is -0.227 e. The van der Waals surface area contributed by atoms with Crippen LogP contribution in [-0.2, 0) is 0 Å². The average molecular weight is 288 g/mol. The largest absolute Gasteiger partial charge is 0.227 e. The van der Waals surface area contributed by atoms with Gasteiger partial charge in [0, 0.05) is 17.1 Å². The summed E-state index contributed by atoms with van der Waals surface area (Å²) in [5, 5.41) is 20.0. The van der Waals surface area contributed by atoms with Gasteiger partial charge in [0.05, 0.1) is 5.02 Å². The van der Waals surface area contributed by atoms with Gasteiger partial charge in [-0.2, -0.15) is 9.94 Å². The second kappa shape index (κ2) is 4.80. The smallest absolute Gasteiger partial charge is 0.212 e. The van der Waals surface area contributed by atoms with Gasteiger partial charge in [0.2, 0.25) is 5.13 Å². The summed E-state index contributed by atoms with van der Waals surface area (Å²) in [7, 11) is 0. The van der Waals surface area contributed by atoms with Crippen molar-refractivity contribution in [2.75, 3.05) is 0 Å². The van der Waals surface area contributed by atoms with E-state index in [-0.39, 0.29) is 5.69 Å². The van der Waals surface area contributed by atoms with Crippen molar-refractivity contribution in [3.63, 3.8) is 0 Å². The van der Waals surface area contributed by atoms with Crippen LogP contribution in [0.3, 0.4) is 0 Å². The van der Waals surface area contributed by atoms with E-state index in [2.05, 4.69) is 15.3 Å². The molecule has 0 saturated heterocycles.